The van der Waals surface area contributed by atoms with Crippen molar-refractivity contribution in [1.82, 2.24) is 4.90 Å². The first kappa shape index (κ1) is 17.0. The lowest BCUT2D eigenvalue weighted by Gasteiger charge is -2.20. The van der Waals surface area contributed by atoms with Crippen LogP contribution in [0.4, 0.5) is 5.69 Å². The maximum absolute atomic E-state index is 12.2. The molecule has 0 aromatic heterocycles. The number of amides is 1. The van der Waals surface area contributed by atoms with Crippen LogP contribution in [-0.2, 0) is 11.3 Å². The average Bonchev–Trinajstić information content (AvgIpc) is 2.55. The van der Waals surface area contributed by atoms with Crippen molar-refractivity contribution >= 4 is 23.2 Å². The van der Waals surface area contributed by atoms with Crippen molar-refractivity contribution in [1.29, 1.82) is 5.26 Å². The van der Waals surface area contributed by atoms with Crippen LogP contribution in [0.2, 0.25) is 5.02 Å². The van der Waals surface area contributed by atoms with E-state index in [0.717, 1.165) is 12.1 Å². The second-order valence-corrected chi connectivity index (χ2v) is 5.58. The molecule has 2 aromatic carbocycles. The van der Waals surface area contributed by atoms with Crippen molar-refractivity contribution < 1.29 is 4.79 Å². The van der Waals surface area contributed by atoms with E-state index < -0.39 is 0 Å². The van der Waals surface area contributed by atoms with E-state index >= 15 is 0 Å². The summed E-state index contributed by atoms with van der Waals surface area (Å²) >= 11 is 5.93. The number of nitrogens with zero attached hydrogens (tertiary/aromatic N) is 2. The summed E-state index contributed by atoms with van der Waals surface area (Å²) in [6.45, 7) is 3.72. The van der Waals surface area contributed by atoms with Gasteiger partial charge in [-0.25, -0.2) is 0 Å². The number of hydrogen-bond acceptors (Lipinski definition) is 3. The van der Waals surface area contributed by atoms with Crippen molar-refractivity contribution in [3.8, 4) is 6.07 Å². The first-order chi connectivity index (χ1) is 11.1. The zero-order chi connectivity index (χ0) is 16.7. The Bertz CT molecular complexity index is 710. The van der Waals surface area contributed by atoms with E-state index in [1.807, 2.05) is 48.2 Å². The summed E-state index contributed by atoms with van der Waals surface area (Å²) < 4.78 is 0. The fraction of sp³-hybridized carbons (Fsp3) is 0.222. The van der Waals surface area contributed by atoms with Gasteiger partial charge in [-0.15, -0.1) is 0 Å². The van der Waals surface area contributed by atoms with E-state index in [0.29, 0.717) is 22.8 Å². The summed E-state index contributed by atoms with van der Waals surface area (Å²) in [5.74, 6) is -0.165. The van der Waals surface area contributed by atoms with Gasteiger partial charge in [-0.05, 0) is 30.3 Å². The van der Waals surface area contributed by atoms with E-state index in [1.165, 1.54) is 0 Å². The van der Waals surface area contributed by atoms with E-state index in [1.54, 1.807) is 18.2 Å². The van der Waals surface area contributed by atoms with Crippen LogP contribution in [-0.4, -0.2) is 23.9 Å². The number of halogens is 1. The summed E-state index contributed by atoms with van der Waals surface area (Å²) in [4.78, 5) is 14.3. The Morgan fingerprint density at radius 2 is 2.00 bits per heavy atom. The topological polar surface area (TPSA) is 56.1 Å². The maximum atomic E-state index is 12.2. The van der Waals surface area contributed by atoms with Crippen molar-refractivity contribution in [2.45, 2.75) is 13.5 Å². The Kier molecular flexibility index (Phi) is 6.16. The standard InChI is InChI=1S/C18H18ClN3O/c1-2-22(12-14-6-4-3-5-7-14)13-18(23)21-17-10-16(19)9-8-15(17)11-20/h3-10H,2,12-13H2,1H3,(H,21,23). The first-order valence-electron chi connectivity index (χ1n) is 7.38. The molecule has 0 fully saturated rings. The predicted molar refractivity (Wildman–Crippen MR) is 92.2 cm³/mol. The van der Waals surface area contributed by atoms with Gasteiger partial charge in [0.25, 0.3) is 0 Å². The highest BCUT2D eigenvalue weighted by Crippen LogP contribution is 2.20. The largest absolute Gasteiger partial charge is 0.324 e. The van der Waals surface area contributed by atoms with E-state index in [2.05, 4.69) is 5.32 Å². The first-order valence-corrected chi connectivity index (χ1v) is 7.76. The van der Waals surface area contributed by atoms with Crippen molar-refractivity contribution in [3.63, 3.8) is 0 Å². The SMILES string of the molecule is CCN(CC(=O)Nc1cc(Cl)ccc1C#N)Cc1ccccc1. The van der Waals surface area contributed by atoms with Crippen LogP contribution in [0.3, 0.4) is 0 Å². The van der Waals surface area contributed by atoms with Gasteiger partial charge in [0, 0.05) is 11.6 Å². The van der Waals surface area contributed by atoms with E-state index in [9.17, 15) is 4.79 Å². The number of likely N-dealkylation sites (N-methyl/N-ethyl adjacent to an activating group) is 1. The average molecular weight is 328 g/mol. The Morgan fingerprint density at radius 3 is 2.65 bits per heavy atom. The van der Waals surface area contributed by atoms with Gasteiger partial charge >= 0.3 is 0 Å². The molecule has 118 valence electrons. The molecule has 5 heteroatoms. The molecule has 2 aromatic rings. The number of carbonyl (C=O) groups is 1. The second kappa shape index (κ2) is 8.33. The third-order valence-corrected chi connectivity index (χ3v) is 3.67. The number of carbonyl (C=O) groups excluding carboxylic acids is 1. The van der Waals surface area contributed by atoms with Gasteiger partial charge in [0.15, 0.2) is 0 Å². The Balaban J connectivity index is 2.00. The molecule has 4 nitrogen and oxygen atoms in total. The molecule has 0 aliphatic rings. The highest BCUT2D eigenvalue weighted by molar-refractivity contribution is 6.31. The van der Waals surface area contributed by atoms with Crippen LogP contribution in [0, 0.1) is 11.3 Å². The number of nitriles is 1. The normalized spacial score (nSPS) is 10.3. The molecule has 0 heterocycles. The Morgan fingerprint density at radius 1 is 1.26 bits per heavy atom. The highest BCUT2D eigenvalue weighted by atomic mass is 35.5. The summed E-state index contributed by atoms with van der Waals surface area (Å²) in [5, 5.41) is 12.3. The third-order valence-electron chi connectivity index (χ3n) is 3.44. The minimum Gasteiger partial charge on any atom is -0.324 e. The molecule has 0 unspecified atom stereocenters. The lowest BCUT2D eigenvalue weighted by Crippen LogP contribution is -2.32. The molecule has 1 amide bonds. The fourth-order valence-corrected chi connectivity index (χ4v) is 2.40. The fourth-order valence-electron chi connectivity index (χ4n) is 2.23. The molecule has 0 bridgehead atoms. The predicted octanol–water partition coefficient (Wildman–Crippen LogP) is 3.67. The molecule has 0 aliphatic carbocycles. The van der Waals surface area contributed by atoms with E-state index in [4.69, 9.17) is 16.9 Å². The maximum Gasteiger partial charge on any atom is 0.238 e. The minimum absolute atomic E-state index is 0.165. The summed E-state index contributed by atoms with van der Waals surface area (Å²) in [7, 11) is 0. The number of nitrogens with one attached hydrogen (secondary N) is 1. The van der Waals surface area contributed by atoms with Crippen LogP contribution in [0.15, 0.2) is 48.5 Å². The van der Waals surface area contributed by atoms with Crippen LogP contribution in [0.5, 0.6) is 0 Å². The van der Waals surface area contributed by atoms with Crippen molar-refractivity contribution in [2.24, 2.45) is 0 Å². The molecule has 0 saturated carbocycles. The third kappa shape index (κ3) is 5.10. The zero-order valence-corrected chi connectivity index (χ0v) is 13.7. The summed E-state index contributed by atoms with van der Waals surface area (Å²) in [5.41, 5.74) is 2.00. The number of hydrogen-bond donors (Lipinski definition) is 1. The molecule has 2 rings (SSSR count). The summed E-state index contributed by atoms with van der Waals surface area (Å²) in [6, 6.07) is 16.9. The quantitative estimate of drug-likeness (QED) is 0.880. The number of anilines is 1. The van der Waals surface area contributed by atoms with Gasteiger partial charge in [0.2, 0.25) is 5.91 Å². The molecule has 1 N–H and O–H groups in total. The van der Waals surface area contributed by atoms with Gasteiger partial charge in [-0.3, -0.25) is 9.69 Å². The Labute approximate surface area is 141 Å². The van der Waals surface area contributed by atoms with Crippen molar-refractivity contribution in [3.05, 3.63) is 64.7 Å². The summed E-state index contributed by atoms with van der Waals surface area (Å²) in [6.07, 6.45) is 0. The van der Waals surface area contributed by atoms with Gasteiger partial charge in [0.1, 0.15) is 6.07 Å². The van der Waals surface area contributed by atoms with Crippen molar-refractivity contribution in [2.75, 3.05) is 18.4 Å². The van der Waals surface area contributed by atoms with Gasteiger partial charge in [-0.1, -0.05) is 48.9 Å². The smallest absolute Gasteiger partial charge is 0.238 e. The van der Waals surface area contributed by atoms with Crippen LogP contribution >= 0.6 is 11.6 Å². The van der Waals surface area contributed by atoms with Crippen LogP contribution in [0.25, 0.3) is 0 Å². The van der Waals surface area contributed by atoms with Crippen LogP contribution in [0.1, 0.15) is 18.1 Å². The molecule has 0 saturated heterocycles. The lowest BCUT2D eigenvalue weighted by molar-refractivity contribution is -0.117. The zero-order valence-electron chi connectivity index (χ0n) is 12.9. The Hall–Kier alpha value is -2.35. The lowest BCUT2D eigenvalue weighted by atomic mass is 10.2. The molecular formula is C18H18ClN3O. The molecule has 0 spiro atoms. The second-order valence-electron chi connectivity index (χ2n) is 5.14. The van der Waals surface area contributed by atoms with Gasteiger partial charge in [0.05, 0.1) is 17.8 Å². The van der Waals surface area contributed by atoms with Gasteiger partial charge < -0.3 is 5.32 Å². The van der Waals surface area contributed by atoms with Gasteiger partial charge in [-0.2, -0.15) is 5.26 Å². The molecular weight excluding hydrogens is 310 g/mol. The van der Waals surface area contributed by atoms with Crippen LogP contribution < -0.4 is 5.32 Å². The monoisotopic (exact) mass is 327 g/mol. The number of benzene rings is 2. The molecule has 0 aliphatic heterocycles. The van der Waals surface area contributed by atoms with E-state index in [-0.39, 0.29) is 12.5 Å². The highest BCUT2D eigenvalue weighted by Gasteiger charge is 2.12. The molecule has 23 heavy (non-hydrogen) atoms. The number of rotatable bonds is 6. The minimum atomic E-state index is -0.165. The molecule has 0 atom stereocenters. The molecule has 0 radical (unpaired) electrons.